The number of guanidine groups is 1. The first kappa shape index (κ1) is 17.1. The summed E-state index contributed by atoms with van der Waals surface area (Å²) in [6.45, 7) is 4.72. The van der Waals surface area contributed by atoms with E-state index in [4.69, 9.17) is 0 Å². The van der Waals surface area contributed by atoms with Gasteiger partial charge in [-0.1, -0.05) is 6.08 Å². The molecule has 0 unspecified atom stereocenters. The maximum absolute atomic E-state index is 12.7. The van der Waals surface area contributed by atoms with Crippen molar-refractivity contribution in [2.45, 2.75) is 32.9 Å². The normalized spacial score (nSPS) is 11.8. The van der Waals surface area contributed by atoms with Crippen LogP contribution in [0.4, 0.5) is 8.78 Å². The van der Waals surface area contributed by atoms with Gasteiger partial charge in [-0.05, 0) is 19.8 Å². The second-order valence-corrected chi connectivity index (χ2v) is 4.55. The highest BCUT2D eigenvalue weighted by Gasteiger charge is 2.11. The Morgan fingerprint density at radius 3 is 3.00 bits per heavy atom. The van der Waals surface area contributed by atoms with E-state index in [-0.39, 0.29) is 12.4 Å². The maximum atomic E-state index is 12.7. The molecule has 0 fully saturated rings. The third-order valence-electron chi connectivity index (χ3n) is 2.93. The Bertz CT molecular complexity index is 456. The molecular formula is C14H23F2N5. The van der Waals surface area contributed by atoms with Crippen LogP contribution in [0, 0.1) is 0 Å². The topological polar surface area (TPSA) is 45.5 Å². The lowest BCUT2D eigenvalue weighted by Gasteiger charge is -2.21. The second-order valence-electron chi connectivity index (χ2n) is 4.55. The van der Waals surface area contributed by atoms with Crippen LogP contribution in [-0.4, -0.2) is 40.5 Å². The van der Waals surface area contributed by atoms with Gasteiger partial charge in [0, 0.05) is 32.5 Å². The van der Waals surface area contributed by atoms with Crippen molar-refractivity contribution in [3.05, 3.63) is 30.9 Å². The van der Waals surface area contributed by atoms with E-state index in [1.165, 1.54) is 12.4 Å². The van der Waals surface area contributed by atoms with Crippen LogP contribution in [-0.2, 0) is 6.54 Å². The summed E-state index contributed by atoms with van der Waals surface area (Å²) in [4.78, 5) is 10.3. The Labute approximate surface area is 124 Å². The lowest BCUT2D eigenvalue weighted by atomic mass is 10.3. The molecule has 1 aromatic rings. The van der Waals surface area contributed by atoms with Crippen LogP contribution in [0.25, 0.3) is 0 Å². The van der Waals surface area contributed by atoms with Gasteiger partial charge in [-0.3, -0.25) is 4.57 Å². The number of hydrogen-bond donors (Lipinski definition) is 1. The standard InChI is InChI=1S/C14H23F2N5/c1-4-6-7-9-20(3)14(17-5-2)19-11-12-18-8-10-21(12)13(15)16/h4,8,10,13H,1,5-7,9,11H2,2-3H3,(H,17,19). The van der Waals surface area contributed by atoms with Gasteiger partial charge in [0.05, 0.1) is 0 Å². The number of aromatic nitrogens is 2. The summed E-state index contributed by atoms with van der Waals surface area (Å²) in [5.74, 6) is 0.935. The molecule has 21 heavy (non-hydrogen) atoms. The van der Waals surface area contributed by atoms with Gasteiger partial charge in [0.25, 0.3) is 0 Å². The van der Waals surface area contributed by atoms with E-state index in [9.17, 15) is 8.78 Å². The number of halogens is 2. The smallest absolute Gasteiger partial charge is 0.319 e. The molecule has 0 aromatic carbocycles. The van der Waals surface area contributed by atoms with E-state index < -0.39 is 6.55 Å². The number of nitrogens with one attached hydrogen (secondary N) is 1. The van der Waals surface area contributed by atoms with E-state index in [0.29, 0.717) is 12.5 Å². The maximum Gasteiger partial charge on any atom is 0.319 e. The second kappa shape index (κ2) is 9.10. The molecule has 0 aliphatic rings. The first-order valence-electron chi connectivity index (χ1n) is 7.00. The van der Waals surface area contributed by atoms with Gasteiger partial charge in [-0.2, -0.15) is 8.78 Å². The predicted molar refractivity (Wildman–Crippen MR) is 80.4 cm³/mol. The van der Waals surface area contributed by atoms with Crippen molar-refractivity contribution in [1.29, 1.82) is 0 Å². The van der Waals surface area contributed by atoms with E-state index in [1.54, 1.807) is 0 Å². The molecule has 0 saturated carbocycles. The van der Waals surface area contributed by atoms with Crippen LogP contribution in [0.5, 0.6) is 0 Å². The van der Waals surface area contributed by atoms with Gasteiger partial charge in [-0.25, -0.2) is 9.98 Å². The van der Waals surface area contributed by atoms with Crippen molar-refractivity contribution in [2.75, 3.05) is 20.1 Å². The molecule has 0 aliphatic carbocycles. The molecule has 0 amide bonds. The summed E-state index contributed by atoms with van der Waals surface area (Å²) in [5.41, 5.74) is 0. The van der Waals surface area contributed by atoms with Gasteiger partial charge >= 0.3 is 6.55 Å². The highest BCUT2D eigenvalue weighted by atomic mass is 19.3. The monoisotopic (exact) mass is 299 g/mol. The fourth-order valence-electron chi connectivity index (χ4n) is 1.84. The summed E-state index contributed by atoms with van der Waals surface area (Å²) in [7, 11) is 1.92. The molecule has 1 heterocycles. The predicted octanol–water partition coefficient (Wildman–Crippen LogP) is 2.64. The minimum absolute atomic E-state index is 0.117. The van der Waals surface area contributed by atoms with Crippen molar-refractivity contribution >= 4 is 5.96 Å². The zero-order valence-corrected chi connectivity index (χ0v) is 12.6. The SMILES string of the molecule is C=CCCCN(C)C(=NCc1nccn1C(F)F)NCC. The first-order chi connectivity index (χ1) is 10.1. The van der Waals surface area contributed by atoms with Gasteiger partial charge in [0.1, 0.15) is 12.4 Å². The molecule has 0 radical (unpaired) electrons. The van der Waals surface area contributed by atoms with Crippen molar-refractivity contribution in [2.24, 2.45) is 4.99 Å². The summed E-state index contributed by atoms with van der Waals surface area (Å²) in [5, 5.41) is 3.15. The average molecular weight is 299 g/mol. The van der Waals surface area contributed by atoms with Gasteiger partial charge < -0.3 is 10.2 Å². The number of allylic oxidation sites excluding steroid dienone is 1. The van der Waals surface area contributed by atoms with Gasteiger partial charge in [-0.15, -0.1) is 6.58 Å². The molecule has 0 aliphatic heterocycles. The first-order valence-corrected chi connectivity index (χ1v) is 7.00. The number of hydrogen-bond acceptors (Lipinski definition) is 2. The molecule has 7 heteroatoms. The molecule has 5 nitrogen and oxygen atoms in total. The van der Waals surface area contributed by atoms with Crippen LogP contribution in [0.3, 0.4) is 0 Å². The van der Waals surface area contributed by atoms with Crippen LogP contribution < -0.4 is 5.32 Å². The molecule has 0 spiro atoms. The molecule has 0 saturated heterocycles. The number of alkyl halides is 2. The van der Waals surface area contributed by atoms with E-state index in [2.05, 4.69) is 21.9 Å². The molecule has 0 atom stereocenters. The van der Waals surface area contributed by atoms with Gasteiger partial charge in [0.15, 0.2) is 5.96 Å². The molecule has 1 rings (SSSR count). The Balaban J connectivity index is 2.70. The number of aliphatic imine (C=N–C) groups is 1. The zero-order valence-electron chi connectivity index (χ0n) is 12.6. The number of unbranched alkanes of at least 4 members (excludes halogenated alkanes) is 1. The van der Waals surface area contributed by atoms with Crippen molar-refractivity contribution < 1.29 is 8.78 Å². The van der Waals surface area contributed by atoms with E-state index in [1.807, 2.05) is 24.9 Å². The summed E-state index contributed by atoms with van der Waals surface area (Å²) < 4.78 is 26.3. The van der Waals surface area contributed by atoms with Crippen LogP contribution in [0.15, 0.2) is 30.0 Å². The molecule has 1 N–H and O–H groups in total. The lowest BCUT2D eigenvalue weighted by molar-refractivity contribution is 0.0671. The quantitative estimate of drug-likeness (QED) is 0.347. The molecule has 0 bridgehead atoms. The highest BCUT2D eigenvalue weighted by molar-refractivity contribution is 5.79. The summed E-state index contributed by atoms with van der Waals surface area (Å²) in [6.07, 6.45) is 6.39. The largest absolute Gasteiger partial charge is 0.357 e. The Kier molecular flexibility index (Phi) is 7.42. The highest BCUT2D eigenvalue weighted by Crippen LogP contribution is 2.13. The minimum atomic E-state index is -2.59. The Morgan fingerprint density at radius 2 is 2.38 bits per heavy atom. The van der Waals surface area contributed by atoms with Crippen molar-refractivity contribution in [3.63, 3.8) is 0 Å². The summed E-state index contributed by atoms with van der Waals surface area (Å²) >= 11 is 0. The lowest BCUT2D eigenvalue weighted by Crippen LogP contribution is -2.39. The van der Waals surface area contributed by atoms with Crippen molar-refractivity contribution in [3.8, 4) is 0 Å². The van der Waals surface area contributed by atoms with Crippen LogP contribution in [0.2, 0.25) is 0 Å². The number of rotatable bonds is 8. The Hall–Kier alpha value is -1.92. The molecular weight excluding hydrogens is 276 g/mol. The Morgan fingerprint density at radius 1 is 1.62 bits per heavy atom. The fraction of sp³-hybridized carbons (Fsp3) is 0.571. The van der Waals surface area contributed by atoms with Gasteiger partial charge in [0.2, 0.25) is 0 Å². The fourth-order valence-corrected chi connectivity index (χ4v) is 1.84. The average Bonchev–Trinajstić information content (AvgIpc) is 2.92. The molecule has 1 aromatic heterocycles. The van der Waals surface area contributed by atoms with Crippen LogP contribution in [0.1, 0.15) is 32.1 Å². The number of nitrogens with zero attached hydrogens (tertiary/aromatic N) is 4. The van der Waals surface area contributed by atoms with Crippen LogP contribution >= 0.6 is 0 Å². The zero-order chi connectivity index (χ0) is 15.7. The van der Waals surface area contributed by atoms with E-state index >= 15 is 0 Å². The third-order valence-corrected chi connectivity index (χ3v) is 2.93. The van der Waals surface area contributed by atoms with E-state index in [0.717, 1.165) is 24.0 Å². The third kappa shape index (κ3) is 5.53. The summed E-state index contributed by atoms with van der Waals surface area (Å²) in [6, 6.07) is 0. The minimum Gasteiger partial charge on any atom is -0.357 e. The number of imidazole rings is 1. The molecule has 118 valence electrons. The van der Waals surface area contributed by atoms with Crippen molar-refractivity contribution in [1.82, 2.24) is 19.8 Å².